The number of nitrogen functional groups attached to an aromatic ring is 1. The van der Waals surface area contributed by atoms with Gasteiger partial charge in [-0.15, -0.1) is 0 Å². The molecule has 2 aromatic rings. The second-order valence-corrected chi connectivity index (χ2v) is 6.09. The largest absolute Gasteiger partial charge is 0.399 e. The van der Waals surface area contributed by atoms with Gasteiger partial charge in [-0.25, -0.2) is 0 Å². The highest BCUT2D eigenvalue weighted by Gasteiger charge is 2.25. The van der Waals surface area contributed by atoms with Crippen molar-refractivity contribution < 1.29 is 4.52 Å². The minimum Gasteiger partial charge on any atom is -0.399 e. The highest BCUT2D eigenvalue weighted by molar-refractivity contribution is 5.41. The van der Waals surface area contributed by atoms with Crippen molar-refractivity contribution in [1.29, 1.82) is 0 Å². The molecule has 1 aliphatic carbocycles. The lowest BCUT2D eigenvalue weighted by Gasteiger charge is -2.25. The molecule has 1 aliphatic rings. The summed E-state index contributed by atoms with van der Waals surface area (Å²) >= 11 is 0. The molecule has 0 bridgehead atoms. The predicted molar refractivity (Wildman–Crippen MR) is 82.9 cm³/mol. The molecule has 4 nitrogen and oxygen atoms in total. The van der Waals surface area contributed by atoms with E-state index < -0.39 is 0 Å². The van der Waals surface area contributed by atoms with Crippen molar-refractivity contribution >= 4 is 5.69 Å². The van der Waals surface area contributed by atoms with Crippen LogP contribution in [-0.4, -0.2) is 10.1 Å². The molecule has 4 heteroatoms. The highest BCUT2D eigenvalue weighted by Crippen LogP contribution is 2.35. The van der Waals surface area contributed by atoms with Crippen LogP contribution >= 0.6 is 0 Å². The summed E-state index contributed by atoms with van der Waals surface area (Å²) in [4.78, 5) is 4.59. The summed E-state index contributed by atoms with van der Waals surface area (Å²) in [5, 5.41) is 4.19. The number of hydrogen-bond donors (Lipinski definition) is 1. The number of aromatic nitrogens is 2. The average molecular weight is 285 g/mol. The minimum atomic E-state index is 0.478. The van der Waals surface area contributed by atoms with Crippen molar-refractivity contribution in [2.45, 2.75) is 51.4 Å². The number of nitrogens with zero attached hydrogens (tertiary/aromatic N) is 2. The van der Waals surface area contributed by atoms with Crippen LogP contribution in [-0.2, 0) is 6.42 Å². The average Bonchev–Trinajstić information content (AvgIpc) is 2.96. The molecule has 1 heterocycles. The maximum absolute atomic E-state index is 5.79. The lowest BCUT2D eigenvalue weighted by Crippen LogP contribution is -2.13. The van der Waals surface area contributed by atoms with Crippen LogP contribution in [0.1, 0.15) is 62.2 Å². The Kier molecular flexibility index (Phi) is 4.23. The molecule has 1 fully saturated rings. The summed E-state index contributed by atoms with van der Waals surface area (Å²) in [7, 11) is 0. The first kappa shape index (κ1) is 14.1. The van der Waals surface area contributed by atoms with Crippen LogP contribution < -0.4 is 5.73 Å². The molecule has 1 aromatic heterocycles. The monoisotopic (exact) mass is 285 g/mol. The van der Waals surface area contributed by atoms with Gasteiger partial charge < -0.3 is 10.3 Å². The van der Waals surface area contributed by atoms with Crippen LogP contribution in [0.4, 0.5) is 5.69 Å². The molecule has 21 heavy (non-hydrogen) atoms. The van der Waals surface area contributed by atoms with Crippen LogP contribution in [0.3, 0.4) is 0 Å². The molecule has 0 radical (unpaired) electrons. The standard InChI is InChI=1S/C17H23N3O/c1-2-12-6-8-14(9-7-12)17-19-16(21-20-17)11-13-4-3-5-15(18)10-13/h3-5,10,12,14H,2,6-9,11,18H2,1H3. The predicted octanol–water partition coefficient (Wildman–Crippen LogP) is 3.93. The Morgan fingerprint density at radius 1 is 1.24 bits per heavy atom. The lowest BCUT2D eigenvalue weighted by molar-refractivity contribution is 0.303. The number of nitrogens with two attached hydrogens (primary N) is 1. The topological polar surface area (TPSA) is 64.9 Å². The van der Waals surface area contributed by atoms with Gasteiger partial charge in [-0.05, 0) is 49.3 Å². The second kappa shape index (κ2) is 6.29. The fourth-order valence-corrected chi connectivity index (χ4v) is 3.21. The van der Waals surface area contributed by atoms with Gasteiger partial charge in [-0.1, -0.05) is 30.6 Å². The Morgan fingerprint density at radius 2 is 2.05 bits per heavy atom. The smallest absolute Gasteiger partial charge is 0.231 e. The Balaban J connectivity index is 1.64. The molecule has 3 rings (SSSR count). The van der Waals surface area contributed by atoms with E-state index in [-0.39, 0.29) is 0 Å². The Bertz CT molecular complexity index is 585. The van der Waals surface area contributed by atoms with E-state index in [2.05, 4.69) is 17.1 Å². The molecule has 1 aromatic carbocycles. The third kappa shape index (κ3) is 3.43. The van der Waals surface area contributed by atoms with E-state index in [9.17, 15) is 0 Å². The number of hydrogen-bond acceptors (Lipinski definition) is 4. The van der Waals surface area contributed by atoms with E-state index in [0.717, 1.165) is 23.0 Å². The van der Waals surface area contributed by atoms with E-state index >= 15 is 0 Å². The lowest BCUT2D eigenvalue weighted by atomic mass is 9.80. The summed E-state index contributed by atoms with van der Waals surface area (Å²) in [6, 6.07) is 7.83. The Hall–Kier alpha value is -1.84. The quantitative estimate of drug-likeness (QED) is 0.864. The molecule has 112 valence electrons. The van der Waals surface area contributed by atoms with Gasteiger partial charge in [-0.2, -0.15) is 4.98 Å². The van der Waals surface area contributed by atoms with E-state index in [0.29, 0.717) is 18.2 Å². The van der Waals surface area contributed by atoms with E-state index in [1.54, 1.807) is 0 Å². The Labute approximate surface area is 125 Å². The van der Waals surface area contributed by atoms with Crippen LogP contribution in [0.15, 0.2) is 28.8 Å². The molecule has 0 amide bonds. The normalized spacial score (nSPS) is 22.3. The van der Waals surface area contributed by atoms with E-state index in [1.165, 1.54) is 32.1 Å². The van der Waals surface area contributed by atoms with Crippen LogP contribution in [0.25, 0.3) is 0 Å². The van der Waals surface area contributed by atoms with Gasteiger partial charge in [-0.3, -0.25) is 0 Å². The molecule has 0 unspecified atom stereocenters. The van der Waals surface area contributed by atoms with Crippen molar-refractivity contribution in [1.82, 2.24) is 10.1 Å². The summed E-state index contributed by atoms with van der Waals surface area (Å²) in [5.41, 5.74) is 7.67. The van der Waals surface area contributed by atoms with Gasteiger partial charge in [0, 0.05) is 11.6 Å². The molecule has 1 saturated carbocycles. The van der Waals surface area contributed by atoms with Crippen molar-refractivity contribution in [3.8, 4) is 0 Å². The SMILES string of the molecule is CCC1CCC(c2noc(Cc3cccc(N)c3)n2)CC1. The summed E-state index contributed by atoms with van der Waals surface area (Å²) in [6.45, 7) is 2.28. The van der Waals surface area contributed by atoms with Crippen LogP contribution in [0.5, 0.6) is 0 Å². The fraction of sp³-hybridized carbons (Fsp3) is 0.529. The first-order valence-electron chi connectivity index (χ1n) is 7.91. The third-order valence-electron chi connectivity index (χ3n) is 4.58. The summed E-state index contributed by atoms with van der Waals surface area (Å²) in [5.74, 6) is 2.95. The summed E-state index contributed by atoms with van der Waals surface area (Å²) < 4.78 is 5.41. The zero-order valence-electron chi connectivity index (χ0n) is 12.6. The second-order valence-electron chi connectivity index (χ2n) is 6.09. The van der Waals surface area contributed by atoms with Crippen molar-refractivity contribution in [3.05, 3.63) is 41.5 Å². The molecular formula is C17H23N3O. The Morgan fingerprint density at radius 3 is 2.76 bits per heavy atom. The molecule has 0 saturated heterocycles. The number of rotatable bonds is 4. The van der Waals surface area contributed by atoms with Gasteiger partial charge in [0.25, 0.3) is 0 Å². The van der Waals surface area contributed by atoms with Gasteiger partial charge >= 0.3 is 0 Å². The van der Waals surface area contributed by atoms with Crippen molar-refractivity contribution in [2.75, 3.05) is 5.73 Å². The van der Waals surface area contributed by atoms with Gasteiger partial charge in [0.15, 0.2) is 5.82 Å². The molecule has 0 spiro atoms. The fourth-order valence-electron chi connectivity index (χ4n) is 3.21. The van der Waals surface area contributed by atoms with Crippen molar-refractivity contribution in [2.24, 2.45) is 5.92 Å². The minimum absolute atomic E-state index is 0.478. The molecular weight excluding hydrogens is 262 g/mol. The van der Waals surface area contributed by atoms with E-state index in [1.807, 2.05) is 24.3 Å². The third-order valence-corrected chi connectivity index (χ3v) is 4.58. The van der Waals surface area contributed by atoms with Crippen LogP contribution in [0, 0.1) is 5.92 Å². The van der Waals surface area contributed by atoms with Crippen LogP contribution in [0.2, 0.25) is 0 Å². The van der Waals surface area contributed by atoms with Gasteiger partial charge in [0.05, 0.1) is 6.42 Å². The zero-order chi connectivity index (χ0) is 14.7. The number of anilines is 1. The van der Waals surface area contributed by atoms with E-state index in [4.69, 9.17) is 10.3 Å². The molecule has 0 aliphatic heterocycles. The van der Waals surface area contributed by atoms with Gasteiger partial charge in [0.2, 0.25) is 5.89 Å². The maximum Gasteiger partial charge on any atom is 0.231 e. The number of benzene rings is 1. The molecule has 0 atom stereocenters. The summed E-state index contributed by atoms with van der Waals surface area (Å²) in [6.07, 6.45) is 6.91. The maximum atomic E-state index is 5.79. The zero-order valence-corrected chi connectivity index (χ0v) is 12.6. The van der Waals surface area contributed by atoms with Gasteiger partial charge in [0.1, 0.15) is 0 Å². The van der Waals surface area contributed by atoms with Crippen molar-refractivity contribution in [3.63, 3.8) is 0 Å². The first-order chi connectivity index (χ1) is 10.2. The molecule has 2 N–H and O–H groups in total. The first-order valence-corrected chi connectivity index (χ1v) is 7.91. The highest BCUT2D eigenvalue weighted by atomic mass is 16.5.